The number of aromatic nitrogens is 3. The molecule has 2 aliphatic carbocycles. The van der Waals surface area contributed by atoms with Crippen molar-refractivity contribution in [1.82, 2.24) is 20.3 Å². The maximum Gasteiger partial charge on any atom is 0.413 e. The number of nitrogens with zero attached hydrogens (tertiary/aromatic N) is 2. The minimum absolute atomic E-state index is 0.147. The molecule has 0 saturated heterocycles. The van der Waals surface area contributed by atoms with Gasteiger partial charge in [-0.3, -0.25) is 4.79 Å². The van der Waals surface area contributed by atoms with Crippen molar-refractivity contribution < 1.29 is 14.3 Å². The highest BCUT2D eigenvalue weighted by molar-refractivity contribution is 7.17. The number of rotatable bonds is 6. The molecule has 0 aliphatic heterocycles. The standard InChI is InChI=1S/C25H30N4O3S/c1-25(11-5-2-6-12-25)22(30)17-14-26-23-21(17)29-18(15-27-23)19-9-10-20(33-19)32-24(31)28-13-16-7-3-4-8-16/h9-10,14-16H,2-8,11-13H2,1H3,(H,26,27)(H,28,31). The van der Waals surface area contributed by atoms with Crippen LogP contribution < -0.4 is 10.1 Å². The van der Waals surface area contributed by atoms with Crippen LogP contribution in [0.1, 0.15) is 75.1 Å². The second-order valence-electron chi connectivity index (χ2n) is 9.64. The fraction of sp³-hybridized carbons (Fsp3) is 0.520. The van der Waals surface area contributed by atoms with E-state index in [1.807, 2.05) is 6.07 Å². The molecular weight excluding hydrogens is 436 g/mol. The summed E-state index contributed by atoms with van der Waals surface area (Å²) in [7, 11) is 0. The lowest BCUT2D eigenvalue weighted by Gasteiger charge is -2.31. The van der Waals surface area contributed by atoms with E-state index >= 15 is 0 Å². The molecule has 0 bridgehead atoms. The normalized spacial score (nSPS) is 18.5. The molecule has 0 radical (unpaired) electrons. The lowest BCUT2D eigenvalue weighted by Crippen LogP contribution is -2.30. The number of thiophene rings is 1. The van der Waals surface area contributed by atoms with E-state index < -0.39 is 6.09 Å². The zero-order chi connectivity index (χ0) is 22.8. The van der Waals surface area contributed by atoms with Crippen LogP contribution in [0.25, 0.3) is 21.7 Å². The number of amides is 1. The highest BCUT2D eigenvalue weighted by Crippen LogP contribution is 2.40. The Morgan fingerprint density at radius 2 is 1.97 bits per heavy atom. The first-order valence-electron chi connectivity index (χ1n) is 12.0. The minimum Gasteiger partial charge on any atom is -0.399 e. The highest BCUT2D eigenvalue weighted by Gasteiger charge is 2.36. The number of carbonyl (C=O) groups is 2. The van der Waals surface area contributed by atoms with Crippen molar-refractivity contribution in [2.45, 2.75) is 64.7 Å². The Bertz CT molecular complexity index is 1160. The first-order valence-corrected chi connectivity index (χ1v) is 12.8. The number of ketones is 1. The summed E-state index contributed by atoms with van der Waals surface area (Å²) in [5.41, 5.74) is 2.16. The lowest BCUT2D eigenvalue weighted by molar-refractivity contribution is 0.0751. The molecule has 174 valence electrons. The van der Waals surface area contributed by atoms with Crippen molar-refractivity contribution >= 4 is 34.4 Å². The molecule has 0 unspecified atom stereocenters. The largest absolute Gasteiger partial charge is 0.413 e. The van der Waals surface area contributed by atoms with Crippen molar-refractivity contribution in [3.63, 3.8) is 0 Å². The molecule has 8 heteroatoms. The van der Waals surface area contributed by atoms with Crippen LogP contribution in [0.5, 0.6) is 5.06 Å². The highest BCUT2D eigenvalue weighted by atomic mass is 32.1. The Hall–Kier alpha value is -2.74. The Morgan fingerprint density at radius 1 is 1.18 bits per heavy atom. The lowest BCUT2D eigenvalue weighted by atomic mass is 9.71. The first kappa shape index (κ1) is 22.1. The second kappa shape index (κ2) is 9.25. The van der Waals surface area contributed by atoms with Gasteiger partial charge in [0.15, 0.2) is 16.5 Å². The van der Waals surface area contributed by atoms with E-state index in [4.69, 9.17) is 9.72 Å². The molecule has 3 aromatic heterocycles. The monoisotopic (exact) mass is 466 g/mol. The number of ether oxygens (including phenoxy) is 1. The van der Waals surface area contributed by atoms with Gasteiger partial charge in [-0.15, -0.1) is 0 Å². The summed E-state index contributed by atoms with van der Waals surface area (Å²) < 4.78 is 5.46. The van der Waals surface area contributed by atoms with Crippen LogP contribution in [0, 0.1) is 11.3 Å². The average molecular weight is 467 g/mol. The third-order valence-electron chi connectivity index (χ3n) is 7.17. The number of nitrogens with one attached hydrogen (secondary N) is 2. The molecule has 3 heterocycles. The molecule has 3 aromatic rings. The Kier molecular flexibility index (Phi) is 6.19. The topological polar surface area (TPSA) is 97.0 Å². The van der Waals surface area contributed by atoms with E-state index in [0.717, 1.165) is 30.6 Å². The number of hydrogen-bond acceptors (Lipinski definition) is 6. The average Bonchev–Trinajstić information content (AvgIpc) is 3.58. The van der Waals surface area contributed by atoms with Gasteiger partial charge < -0.3 is 15.0 Å². The van der Waals surface area contributed by atoms with Crippen LogP contribution >= 0.6 is 11.3 Å². The van der Waals surface area contributed by atoms with Crippen LogP contribution in [0.3, 0.4) is 0 Å². The van der Waals surface area contributed by atoms with Crippen molar-refractivity contribution in [2.75, 3.05) is 6.54 Å². The summed E-state index contributed by atoms with van der Waals surface area (Å²) in [6.07, 6.45) is 13.1. The Morgan fingerprint density at radius 3 is 2.76 bits per heavy atom. The molecule has 1 amide bonds. The second-order valence-corrected chi connectivity index (χ2v) is 10.7. The van der Waals surface area contributed by atoms with Gasteiger partial charge in [-0.25, -0.2) is 14.8 Å². The maximum atomic E-state index is 13.4. The van der Waals surface area contributed by atoms with E-state index in [-0.39, 0.29) is 11.2 Å². The summed E-state index contributed by atoms with van der Waals surface area (Å²) >= 11 is 1.34. The van der Waals surface area contributed by atoms with Gasteiger partial charge >= 0.3 is 6.09 Å². The third kappa shape index (κ3) is 4.67. The van der Waals surface area contributed by atoms with E-state index in [9.17, 15) is 9.59 Å². The number of fused-ring (bicyclic) bond motifs is 1. The van der Waals surface area contributed by atoms with Gasteiger partial charge in [-0.1, -0.05) is 50.4 Å². The van der Waals surface area contributed by atoms with Gasteiger partial charge in [-0.05, 0) is 43.7 Å². The van der Waals surface area contributed by atoms with Crippen molar-refractivity contribution in [2.24, 2.45) is 11.3 Å². The summed E-state index contributed by atoms with van der Waals surface area (Å²) in [4.78, 5) is 38.7. The van der Waals surface area contributed by atoms with Gasteiger partial charge in [0, 0.05) is 18.2 Å². The zero-order valence-electron chi connectivity index (χ0n) is 19.0. The molecule has 2 saturated carbocycles. The van der Waals surface area contributed by atoms with Crippen LogP contribution in [0.4, 0.5) is 4.79 Å². The molecule has 0 atom stereocenters. The maximum absolute atomic E-state index is 13.4. The number of carbonyl (C=O) groups excluding carboxylic acids is 2. The predicted molar refractivity (Wildman–Crippen MR) is 129 cm³/mol. The third-order valence-corrected chi connectivity index (χ3v) is 8.15. The van der Waals surface area contributed by atoms with Crippen LogP contribution in [-0.4, -0.2) is 33.4 Å². The minimum atomic E-state index is -0.420. The molecule has 2 aliphatic rings. The van der Waals surface area contributed by atoms with Crippen LogP contribution in [0.2, 0.25) is 0 Å². The summed E-state index contributed by atoms with van der Waals surface area (Å²) in [6.45, 7) is 2.74. The van der Waals surface area contributed by atoms with Gasteiger partial charge in [0.25, 0.3) is 0 Å². The van der Waals surface area contributed by atoms with Gasteiger partial charge in [0.05, 0.1) is 22.3 Å². The fourth-order valence-corrected chi connectivity index (χ4v) is 5.96. The van der Waals surface area contributed by atoms with Crippen molar-refractivity contribution in [3.05, 3.63) is 30.1 Å². The van der Waals surface area contributed by atoms with Gasteiger partial charge in [-0.2, -0.15) is 0 Å². The number of hydrogen-bond donors (Lipinski definition) is 2. The van der Waals surface area contributed by atoms with Gasteiger partial charge in [0.2, 0.25) is 0 Å². The molecule has 2 N–H and O–H groups in total. The smallest absolute Gasteiger partial charge is 0.399 e. The SMILES string of the molecule is CC1(C(=O)c2c[nH]c3ncc(-c4ccc(OC(=O)NCC5CCCC5)s4)nc23)CCCCC1. The van der Waals surface area contributed by atoms with Crippen LogP contribution in [-0.2, 0) is 0 Å². The summed E-state index contributed by atoms with van der Waals surface area (Å²) in [5, 5.41) is 3.38. The Balaban J connectivity index is 1.31. The molecule has 33 heavy (non-hydrogen) atoms. The molecule has 7 nitrogen and oxygen atoms in total. The van der Waals surface area contributed by atoms with E-state index in [0.29, 0.717) is 39.9 Å². The number of H-pyrrole nitrogens is 1. The van der Waals surface area contributed by atoms with Crippen LogP contribution in [0.15, 0.2) is 24.5 Å². The first-order chi connectivity index (χ1) is 16.0. The number of aromatic amines is 1. The molecule has 0 aromatic carbocycles. The summed E-state index contributed by atoms with van der Waals surface area (Å²) in [5.74, 6) is 0.710. The van der Waals surface area contributed by atoms with E-state index in [1.54, 1.807) is 18.5 Å². The molecule has 2 fully saturated rings. The predicted octanol–water partition coefficient (Wildman–Crippen LogP) is 6.12. The molecule has 5 rings (SSSR count). The number of Topliss-reactive ketones (excluding diaryl/α,β-unsaturated/α-hetero) is 1. The van der Waals surface area contributed by atoms with Gasteiger partial charge in [0.1, 0.15) is 5.52 Å². The van der Waals surface area contributed by atoms with Crippen molar-refractivity contribution in [1.29, 1.82) is 0 Å². The fourth-order valence-electron chi connectivity index (χ4n) is 5.15. The zero-order valence-corrected chi connectivity index (χ0v) is 19.8. The van der Waals surface area contributed by atoms with E-state index in [2.05, 4.69) is 22.2 Å². The quantitative estimate of drug-likeness (QED) is 0.427. The van der Waals surface area contributed by atoms with E-state index in [1.165, 1.54) is 43.4 Å². The Labute approximate surface area is 197 Å². The molecular formula is C25H30N4O3S. The van der Waals surface area contributed by atoms with Crippen molar-refractivity contribution in [3.8, 4) is 15.6 Å². The summed E-state index contributed by atoms with van der Waals surface area (Å²) in [6, 6.07) is 3.64. The molecule has 0 spiro atoms.